The first-order valence-corrected chi connectivity index (χ1v) is 6.70. The average molecular weight is 299 g/mol. The van der Waals surface area contributed by atoms with Crippen LogP contribution in [0.1, 0.15) is 22.0 Å². The van der Waals surface area contributed by atoms with Crippen LogP contribution in [-0.4, -0.2) is 13.0 Å². The summed E-state index contributed by atoms with van der Waals surface area (Å²) in [6.07, 6.45) is 0. The van der Waals surface area contributed by atoms with E-state index in [0.29, 0.717) is 27.6 Å². The monoisotopic (exact) mass is 298 g/mol. The van der Waals surface area contributed by atoms with Gasteiger partial charge in [-0.3, -0.25) is 9.69 Å². The second kappa shape index (κ2) is 5.12. The normalized spacial score (nSPS) is 16.5. The molecule has 0 fully saturated rings. The van der Waals surface area contributed by atoms with Crippen LogP contribution in [0.4, 0.5) is 5.69 Å². The van der Waals surface area contributed by atoms with Crippen LogP contribution in [0, 0.1) is 11.3 Å². The van der Waals surface area contributed by atoms with E-state index in [2.05, 4.69) is 6.07 Å². The number of hydrogen-bond acceptors (Lipinski definition) is 3. The second-order valence-electron chi connectivity index (χ2n) is 4.64. The highest BCUT2D eigenvalue weighted by Crippen LogP contribution is 2.38. The molecule has 5 heteroatoms. The van der Waals surface area contributed by atoms with E-state index in [-0.39, 0.29) is 5.91 Å². The quantitative estimate of drug-likeness (QED) is 0.851. The van der Waals surface area contributed by atoms with Gasteiger partial charge in [0.25, 0.3) is 5.91 Å². The number of carbonyl (C=O) groups excluding carboxylic acids is 1. The molecule has 0 saturated carbocycles. The van der Waals surface area contributed by atoms with Gasteiger partial charge >= 0.3 is 0 Å². The van der Waals surface area contributed by atoms with E-state index in [4.69, 9.17) is 16.3 Å². The van der Waals surface area contributed by atoms with Crippen molar-refractivity contribution >= 4 is 23.2 Å². The topological polar surface area (TPSA) is 53.3 Å². The third-order valence-electron chi connectivity index (χ3n) is 3.49. The number of amides is 1. The number of anilines is 1. The van der Waals surface area contributed by atoms with Crippen LogP contribution in [0.5, 0.6) is 5.75 Å². The van der Waals surface area contributed by atoms with E-state index >= 15 is 0 Å². The van der Waals surface area contributed by atoms with E-state index in [1.807, 2.05) is 0 Å². The molecule has 0 radical (unpaired) electrons. The summed E-state index contributed by atoms with van der Waals surface area (Å²) in [5, 5.41) is 9.95. The maximum atomic E-state index is 12.5. The van der Waals surface area contributed by atoms with Gasteiger partial charge in [-0.15, -0.1) is 0 Å². The van der Waals surface area contributed by atoms with Gasteiger partial charge in [0.2, 0.25) is 0 Å². The first-order chi connectivity index (χ1) is 10.2. The fourth-order valence-electron chi connectivity index (χ4n) is 2.48. The zero-order valence-corrected chi connectivity index (χ0v) is 12.0. The van der Waals surface area contributed by atoms with Gasteiger partial charge in [0.15, 0.2) is 6.04 Å². The maximum absolute atomic E-state index is 12.5. The number of nitriles is 1. The van der Waals surface area contributed by atoms with Gasteiger partial charge in [0.05, 0.1) is 13.2 Å². The number of ether oxygens (including phenoxy) is 1. The highest BCUT2D eigenvalue weighted by Gasteiger charge is 2.37. The Morgan fingerprint density at radius 3 is 2.57 bits per heavy atom. The zero-order valence-electron chi connectivity index (χ0n) is 11.2. The van der Waals surface area contributed by atoms with Crippen molar-refractivity contribution in [3.05, 3.63) is 58.6 Å². The largest absolute Gasteiger partial charge is 0.497 e. The van der Waals surface area contributed by atoms with E-state index in [1.54, 1.807) is 49.6 Å². The van der Waals surface area contributed by atoms with Crippen molar-refractivity contribution in [3.8, 4) is 11.8 Å². The minimum Gasteiger partial charge on any atom is -0.497 e. The van der Waals surface area contributed by atoms with E-state index in [1.165, 1.54) is 4.90 Å². The van der Waals surface area contributed by atoms with E-state index in [0.717, 1.165) is 0 Å². The van der Waals surface area contributed by atoms with Crippen molar-refractivity contribution < 1.29 is 9.53 Å². The van der Waals surface area contributed by atoms with Crippen LogP contribution in [0.3, 0.4) is 0 Å². The molecule has 1 unspecified atom stereocenters. The van der Waals surface area contributed by atoms with Crippen LogP contribution in [0.2, 0.25) is 5.02 Å². The second-order valence-corrected chi connectivity index (χ2v) is 5.07. The van der Waals surface area contributed by atoms with Gasteiger partial charge < -0.3 is 4.74 Å². The molecule has 2 aromatic carbocycles. The molecule has 0 bridgehead atoms. The van der Waals surface area contributed by atoms with Crippen molar-refractivity contribution in [2.75, 3.05) is 12.0 Å². The molecule has 0 aliphatic carbocycles. The van der Waals surface area contributed by atoms with Crippen LogP contribution < -0.4 is 9.64 Å². The van der Waals surface area contributed by atoms with E-state index in [9.17, 15) is 10.1 Å². The molecule has 1 aliphatic heterocycles. The number of benzene rings is 2. The average Bonchev–Trinajstić information content (AvgIpc) is 2.79. The minimum absolute atomic E-state index is 0.196. The molecule has 0 saturated heterocycles. The standard InChI is InChI=1S/C16H11ClN2O2/c1-21-12-5-3-11(4-6-12)19-15(9-18)14-8-10(17)2-7-13(14)16(19)20/h2-8,15H,1H3. The Labute approximate surface area is 127 Å². The number of carbonyl (C=O) groups is 1. The number of hydrogen-bond donors (Lipinski definition) is 0. The lowest BCUT2D eigenvalue weighted by Gasteiger charge is -2.20. The smallest absolute Gasteiger partial charge is 0.260 e. The molecule has 1 atom stereocenters. The predicted octanol–water partition coefficient (Wildman–Crippen LogP) is 3.57. The first kappa shape index (κ1) is 13.5. The minimum atomic E-state index is -0.667. The molecule has 104 valence electrons. The Morgan fingerprint density at radius 2 is 1.95 bits per heavy atom. The fourth-order valence-corrected chi connectivity index (χ4v) is 2.66. The number of fused-ring (bicyclic) bond motifs is 1. The number of methoxy groups -OCH3 is 1. The lowest BCUT2D eigenvalue weighted by molar-refractivity contribution is 0.0994. The summed E-state index contributed by atoms with van der Waals surface area (Å²) in [4.78, 5) is 14.0. The Kier molecular flexibility index (Phi) is 3.28. The van der Waals surface area contributed by atoms with Crippen LogP contribution in [-0.2, 0) is 0 Å². The summed E-state index contributed by atoms with van der Waals surface area (Å²) in [5.74, 6) is 0.498. The summed E-state index contributed by atoms with van der Waals surface area (Å²) in [7, 11) is 1.58. The molecule has 4 nitrogen and oxygen atoms in total. The molecular formula is C16H11ClN2O2. The zero-order chi connectivity index (χ0) is 15.0. The SMILES string of the molecule is COc1ccc(N2C(=O)c3ccc(Cl)cc3C2C#N)cc1. The summed E-state index contributed by atoms with van der Waals surface area (Å²) in [6.45, 7) is 0. The number of nitrogens with zero attached hydrogens (tertiary/aromatic N) is 2. The van der Waals surface area contributed by atoms with Crippen molar-refractivity contribution in [1.29, 1.82) is 5.26 Å². The molecule has 2 aromatic rings. The molecule has 0 N–H and O–H groups in total. The van der Waals surface area contributed by atoms with Crippen molar-refractivity contribution in [3.63, 3.8) is 0 Å². The van der Waals surface area contributed by atoms with Gasteiger partial charge in [-0.2, -0.15) is 5.26 Å². The Balaban J connectivity index is 2.07. The Morgan fingerprint density at radius 1 is 1.24 bits per heavy atom. The third kappa shape index (κ3) is 2.12. The Bertz CT molecular complexity index is 750. The lowest BCUT2D eigenvalue weighted by Crippen LogP contribution is -2.26. The first-order valence-electron chi connectivity index (χ1n) is 6.32. The summed E-state index contributed by atoms with van der Waals surface area (Å²) < 4.78 is 5.10. The molecule has 1 aliphatic rings. The lowest BCUT2D eigenvalue weighted by atomic mass is 10.1. The molecule has 1 amide bonds. The summed E-state index contributed by atoms with van der Waals surface area (Å²) in [5.41, 5.74) is 1.81. The number of halogens is 1. The van der Waals surface area contributed by atoms with Gasteiger partial charge in [-0.05, 0) is 42.5 Å². The van der Waals surface area contributed by atoms with Crippen LogP contribution in [0.25, 0.3) is 0 Å². The molecule has 0 spiro atoms. The fraction of sp³-hybridized carbons (Fsp3) is 0.125. The molecule has 0 aromatic heterocycles. The highest BCUT2D eigenvalue weighted by atomic mass is 35.5. The van der Waals surface area contributed by atoms with Gasteiger partial charge in [0.1, 0.15) is 5.75 Å². The van der Waals surface area contributed by atoms with Crippen LogP contribution >= 0.6 is 11.6 Å². The van der Waals surface area contributed by atoms with Gasteiger partial charge in [-0.1, -0.05) is 11.6 Å². The molecule has 1 heterocycles. The highest BCUT2D eigenvalue weighted by molar-refractivity contribution is 6.31. The summed E-state index contributed by atoms with van der Waals surface area (Å²) >= 11 is 5.97. The molecule has 21 heavy (non-hydrogen) atoms. The predicted molar refractivity (Wildman–Crippen MR) is 79.6 cm³/mol. The molecular weight excluding hydrogens is 288 g/mol. The van der Waals surface area contributed by atoms with Crippen LogP contribution in [0.15, 0.2) is 42.5 Å². The molecule has 3 rings (SSSR count). The maximum Gasteiger partial charge on any atom is 0.260 e. The van der Waals surface area contributed by atoms with Crippen molar-refractivity contribution in [1.82, 2.24) is 0 Å². The summed E-state index contributed by atoms with van der Waals surface area (Å²) in [6, 6.07) is 13.5. The third-order valence-corrected chi connectivity index (χ3v) is 3.72. The van der Waals surface area contributed by atoms with Gasteiger partial charge in [-0.25, -0.2) is 0 Å². The van der Waals surface area contributed by atoms with Gasteiger partial charge in [0, 0.05) is 21.8 Å². The Hall–Kier alpha value is -2.51. The van der Waals surface area contributed by atoms with Crippen molar-refractivity contribution in [2.24, 2.45) is 0 Å². The van der Waals surface area contributed by atoms with Crippen molar-refractivity contribution in [2.45, 2.75) is 6.04 Å². The number of rotatable bonds is 2. The van der Waals surface area contributed by atoms with E-state index < -0.39 is 6.04 Å².